The van der Waals surface area contributed by atoms with E-state index in [0.717, 1.165) is 5.69 Å². The average Bonchev–Trinajstić information content (AvgIpc) is 2.72. The molecule has 1 amide bonds. The first-order valence-corrected chi connectivity index (χ1v) is 8.90. The van der Waals surface area contributed by atoms with Gasteiger partial charge in [-0.05, 0) is 12.1 Å². The number of benzene rings is 2. The number of nitro groups is 1. The Morgan fingerprint density at radius 1 is 0.889 bits per heavy atom. The maximum atomic E-state index is 12.4. The number of rotatable bonds is 6. The lowest BCUT2D eigenvalue weighted by atomic mass is 10.1. The minimum Gasteiger partial charge on any atom is -0.368 e. The summed E-state index contributed by atoms with van der Waals surface area (Å²) in [5.74, 6) is -0.0314. The number of carbonyl (C=O) groups excluding carboxylic acids is 2. The van der Waals surface area contributed by atoms with E-state index < -0.39 is 4.92 Å². The Hall–Kier alpha value is -3.22. The van der Waals surface area contributed by atoms with Crippen LogP contribution in [-0.4, -0.2) is 47.7 Å². The zero-order valence-corrected chi connectivity index (χ0v) is 14.9. The van der Waals surface area contributed by atoms with Gasteiger partial charge in [0.2, 0.25) is 5.91 Å². The van der Waals surface area contributed by atoms with Gasteiger partial charge in [0.25, 0.3) is 5.69 Å². The Morgan fingerprint density at radius 3 is 2.11 bits per heavy atom. The maximum Gasteiger partial charge on any atom is 0.269 e. The van der Waals surface area contributed by atoms with E-state index in [0.29, 0.717) is 31.7 Å². The molecular formula is C20H21N3O4. The summed E-state index contributed by atoms with van der Waals surface area (Å²) in [5, 5.41) is 10.7. The molecule has 140 valence electrons. The first kappa shape index (κ1) is 18.6. The van der Waals surface area contributed by atoms with Crippen LogP contribution in [0.4, 0.5) is 11.4 Å². The van der Waals surface area contributed by atoms with Gasteiger partial charge < -0.3 is 9.80 Å². The van der Waals surface area contributed by atoms with Gasteiger partial charge in [-0.25, -0.2) is 0 Å². The summed E-state index contributed by atoms with van der Waals surface area (Å²) >= 11 is 0. The van der Waals surface area contributed by atoms with Crippen LogP contribution in [0.5, 0.6) is 0 Å². The molecule has 0 radical (unpaired) electrons. The van der Waals surface area contributed by atoms with E-state index in [4.69, 9.17) is 0 Å². The van der Waals surface area contributed by atoms with Crippen LogP contribution >= 0.6 is 0 Å². The quantitative estimate of drug-likeness (QED) is 0.445. The summed E-state index contributed by atoms with van der Waals surface area (Å²) in [5.41, 5.74) is 1.61. The van der Waals surface area contributed by atoms with Gasteiger partial charge in [0.15, 0.2) is 5.78 Å². The highest BCUT2D eigenvalue weighted by Crippen LogP contribution is 2.21. The standard InChI is InChI=1S/C20H21N3O4/c24-19(16-4-2-1-3-5-16)10-11-20(25)22-14-12-21(13-15-22)17-6-8-18(9-7-17)23(26)27/h1-9H,10-15H2. The van der Waals surface area contributed by atoms with Crippen molar-refractivity contribution in [3.05, 3.63) is 70.3 Å². The molecule has 1 fully saturated rings. The molecule has 0 spiro atoms. The number of Topliss-reactive ketones (excluding diaryl/α,β-unsaturated/α-hetero) is 1. The minimum atomic E-state index is -0.420. The van der Waals surface area contributed by atoms with E-state index in [1.54, 1.807) is 29.2 Å². The molecule has 2 aromatic rings. The number of carbonyl (C=O) groups is 2. The Morgan fingerprint density at radius 2 is 1.52 bits per heavy atom. The fraction of sp³-hybridized carbons (Fsp3) is 0.300. The number of ketones is 1. The van der Waals surface area contributed by atoms with Crippen molar-refractivity contribution in [3.8, 4) is 0 Å². The third kappa shape index (κ3) is 4.69. The molecule has 1 aliphatic rings. The molecule has 7 heteroatoms. The highest BCUT2D eigenvalue weighted by atomic mass is 16.6. The molecule has 0 unspecified atom stereocenters. The predicted octanol–water partition coefficient (Wildman–Crippen LogP) is 2.91. The van der Waals surface area contributed by atoms with Crippen molar-refractivity contribution < 1.29 is 14.5 Å². The molecule has 0 atom stereocenters. The van der Waals surface area contributed by atoms with E-state index in [9.17, 15) is 19.7 Å². The minimum absolute atomic E-state index is 0.0115. The van der Waals surface area contributed by atoms with Crippen molar-refractivity contribution in [3.63, 3.8) is 0 Å². The van der Waals surface area contributed by atoms with Gasteiger partial charge in [-0.2, -0.15) is 0 Å². The maximum absolute atomic E-state index is 12.4. The van der Waals surface area contributed by atoms with E-state index in [1.807, 2.05) is 18.2 Å². The van der Waals surface area contributed by atoms with Crippen molar-refractivity contribution in [1.82, 2.24) is 4.90 Å². The van der Waals surface area contributed by atoms with Crippen LogP contribution in [0.15, 0.2) is 54.6 Å². The number of anilines is 1. The molecule has 3 rings (SSSR count). The zero-order chi connectivity index (χ0) is 19.2. The smallest absolute Gasteiger partial charge is 0.269 e. The first-order chi connectivity index (χ1) is 13.0. The van der Waals surface area contributed by atoms with Gasteiger partial charge in [-0.3, -0.25) is 19.7 Å². The highest BCUT2D eigenvalue weighted by Gasteiger charge is 2.22. The average molecular weight is 367 g/mol. The van der Waals surface area contributed by atoms with Crippen LogP contribution in [0.1, 0.15) is 23.2 Å². The molecule has 1 saturated heterocycles. The third-order valence-electron chi connectivity index (χ3n) is 4.72. The second kappa shape index (κ2) is 8.44. The molecule has 7 nitrogen and oxygen atoms in total. The highest BCUT2D eigenvalue weighted by molar-refractivity contribution is 5.97. The van der Waals surface area contributed by atoms with Crippen LogP contribution in [0.25, 0.3) is 0 Å². The SMILES string of the molecule is O=C(CCC(=O)N1CCN(c2ccc([N+](=O)[O-])cc2)CC1)c1ccccc1. The fourth-order valence-corrected chi connectivity index (χ4v) is 3.15. The Labute approximate surface area is 157 Å². The van der Waals surface area contributed by atoms with Crippen molar-refractivity contribution >= 4 is 23.1 Å². The second-order valence-electron chi connectivity index (χ2n) is 6.43. The largest absolute Gasteiger partial charge is 0.368 e. The molecule has 0 N–H and O–H groups in total. The molecule has 1 aliphatic heterocycles. The lowest BCUT2D eigenvalue weighted by molar-refractivity contribution is -0.384. The Balaban J connectivity index is 1.47. The van der Waals surface area contributed by atoms with E-state index in [-0.39, 0.29) is 30.2 Å². The lowest BCUT2D eigenvalue weighted by Crippen LogP contribution is -2.48. The van der Waals surface area contributed by atoms with Gasteiger partial charge in [0.1, 0.15) is 0 Å². The predicted molar refractivity (Wildman–Crippen MR) is 102 cm³/mol. The number of nitrogens with zero attached hydrogens (tertiary/aromatic N) is 3. The summed E-state index contributed by atoms with van der Waals surface area (Å²) in [7, 11) is 0. The molecule has 2 aromatic carbocycles. The number of nitro benzene ring substituents is 1. The second-order valence-corrected chi connectivity index (χ2v) is 6.43. The molecule has 0 bridgehead atoms. The van der Waals surface area contributed by atoms with Crippen molar-refractivity contribution in [1.29, 1.82) is 0 Å². The lowest BCUT2D eigenvalue weighted by Gasteiger charge is -2.36. The number of piperazine rings is 1. The van der Waals surface area contributed by atoms with Crippen molar-refractivity contribution in [2.24, 2.45) is 0 Å². The number of amides is 1. The summed E-state index contributed by atoms with van der Waals surface area (Å²) in [6.45, 7) is 2.48. The normalized spacial score (nSPS) is 14.1. The van der Waals surface area contributed by atoms with Gasteiger partial charge >= 0.3 is 0 Å². The van der Waals surface area contributed by atoms with Gasteiger partial charge in [-0.1, -0.05) is 30.3 Å². The van der Waals surface area contributed by atoms with Gasteiger partial charge in [0, 0.05) is 62.4 Å². The molecule has 1 heterocycles. The fourth-order valence-electron chi connectivity index (χ4n) is 3.15. The molecule has 27 heavy (non-hydrogen) atoms. The Bertz CT molecular complexity index is 813. The molecular weight excluding hydrogens is 346 g/mol. The topological polar surface area (TPSA) is 83.8 Å². The van der Waals surface area contributed by atoms with Crippen molar-refractivity contribution in [2.45, 2.75) is 12.8 Å². The van der Waals surface area contributed by atoms with Gasteiger partial charge in [0.05, 0.1) is 4.92 Å². The third-order valence-corrected chi connectivity index (χ3v) is 4.72. The summed E-state index contributed by atoms with van der Waals surface area (Å²) < 4.78 is 0. The van der Waals surface area contributed by atoms with Crippen LogP contribution in [-0.2, 0) is 4.79 Å². The van der Waals surface area contributed by atoms with Crippen LogP contribution in [0.2, 0.25) is 0 Å². The van der Waals surface area contributed by atoms with Crippen LogP contribution in [0.3, 0.4) is 0 Å². The zero-order valence-electron chi connectivity index (χ0n) is 14.9. The number of hydrogen-bond acceptors (Lipinski definition) is 5. The van der Waals surface area contributed by atoms with E-state index in [2.05, 4.69) is 4.90 Å². The monoisotopic (exact) mass is 367 g/mol. The summed E-state index contributed by atoms with van der Waals surface area (Å²) in [6, 6.07) is 15.4. The van der Waals surface area contributed by atoms with E-state index >= 15 is 0 Å². The van der Waals surface area contributed by atoms with Crippen LogP contribution in [0, 0.1) is 10.1 Å². The summed E-state index contributed by atoms with van der Waals surface area (Å²) in [4.78, 5) is 38.7. The first-order valence-electron chi connectivity index (χ1n) is 8.90. The van der Waals surface area contributed by atoms with E-state index in [1.165, 1.54) is 12.1 Å². The number of hydrogen-bond donors (Lipinski definition) is 0. The van der Waals surface area contributed by atoms with Crippen LogP contribution < -0.4 is 4.90 Å². The Kier molecular flexibility index (Phi) is 5.80. The molecule has 0 saturated carbocycles. The molecule has 0 aromatic heterocycles. The van der Waals surface area contributed by atoms with Crippen molar-refractivity contribution in [2.75, 3.05) is 31.1 Å². The van der Waals surface area contributed by atoms with Gasteiger partial charge in [-0.15, -0.1) is 0 Å². The molecule has 0 aliphatic carbocycles. The number of non-ortho nitro benzene ring substituents is 1. The summed E-state index contributed by atoms with van der Waals surface area (Å²) in [6.07, 6.45) is 0.427.